The van der Waals surface area contributed by atoms with Crippen LogP contribution in [0.3, 0.4) is 0 Å². The van der Waals surface area contributed by atoms with E-state index < -0.39 is 10.0 Å². The Morgan fingerprint density at radius 2 is 1.80 bits per heavy atom. The molecular weight excluding hydrogens is 338 g/mol. The molecule has 0 spiro atoms. The van der Waals surface area contributed by atoms with Crippen LogP contribution < -0.4 is 15.8 Å². The minimum Gasteiger partial charge on any atom is -0.352 e. The molecule has 2 aromatic rings. The van der Waals surface area contributed by atoms with E-state index in [0.717, 1.165) is 18.4 Å². The highest BCUT2D eigenvalue weighted by molar-refractivity contribution is 7.92. The van der Waals surface area contributed by atoms with Crippen molar-refractivity contribution in [1.82, 2.24) is 5.32 Å². The number of amides is 1. The van der Waals surface area contributed by atoms with Crippen LogP contribution in [0.2, 0.25) is 0 Å². The first kappa shape index (κ1) is 19.0. The Bertz CT molecular complexity index is 818. The van der Waals surface area contributed by atoms with Gasteiger partial charge in [0.25, 0.3) is 15.9 Å². The van der Waals surface area contributed by atoms with Gasteiger partial charge in [-0.05, 0) is 56.6 Å². The van der Waals surface area contributed by atoms with Crippen LogP contribution in [0.5, 0.6) is 0 Å². The van der Waals surface area contributed by atoms with E-state index in [9.17, 15) is 13.2 Å². The van der Waals surface area contributed by atoms with E-state index in [2.05, 4.69) is 10.0 Å². The number of unbranched alkanes of at least 4 members (excludes halogenated alkanes) is 1. The van der Waals surface area contributed by atoms with E-state index in [1.807, 2.05) is 19.1 Å². The Kier molecular flexibility index (Phi) is 6.55. The Balaban J connectivity index is 2.10. The summed E-state index contributed by atoms with van der Waals surface area (Å²) in [6.07, 6.45) is 1.62. The number of sulfonamides is 1. The number of carbonyl (C=O) groups is 1. The second-order valence-electron chi connectivity index (χ2n) is 5.75. The third-order valence-electron chi connectivity index (χ3n) is 3.63. The summed E-state index contributed by atoms with van der Waals surface area (Å²) >= 11 is 0. The molecular formula is C18H23N3O3S. The molecule has 0 saturated carbocycles. The van der Waals surface area contributed by atoms with E-state index in [0.29, 0.717) is 24.3 Å². The number of carbonyl (C=O) groups excluding carboxylic acids is 1. The van der Waals surface area contributed by atoms with Gasteiger partial charge >= 0.3 is 0 Å². The van der Waals surface area contributed by atoms with Crippen LogP contribution >= 0.6 is 0 Å². The SMILES string of the molecule is Cc1ccc(NS(=O)(=O)c2cccc(C(=O)NCCCCN)c2)cc1. The van der Waals surface area contributed by atoms with Crippen molar-refractivity contribution >= 4 is 21.6 Å². The molecule has 0 radical (unpaired) electrons. The van der Waals surface area contributed by atoms with Crippen LogP contribution in [-0.2, 0) is 10.0 Å². The summed E-state index contributed by atoms with van der Waals surface area (Å²) in [6, 6.07) is 13.0. The summed E-state index contributed by atoms with van der Waals surface area (Å²) in [7, 11) is -3.76. The van der Waals surface area contributed by atoms with Gasteiger partial charge in [-0.25, -0.2) is 8.42 Å². The number of aryl methyl sites for hydroxylation is 1. The van der Waals surface area contributed by atoms with E-state index in [4.69, 9.17) is 5.73 Å². The zero-order chi connectivity index (χ0) is 18.3. The molecule has 0 aliphatic carbocycles. The number of hydrogen-bond donors (Lipinski definition) is 3. The van der Waals surface area contributed by atoms with Gasteiger partial charge in [0.1, 0.15) is 0 Å². The maximum absolute atomic E-state index is 12.5. The predicted molar refractivity (Wildman–Crippen MR) is 99.1 cm³/mol. The van der Waals surface area contributed by atoms with E-state index in [1.165, 1.54) is 12.1 Å². The van der Waals surface area contributed by atoms with E-state index in [-0.39, 0.29) is 10.8 Å². The predicted octanol–water partition coefficient (Wildman–Crippen LogP) is 2.26. The van der Waals surface area contributed by atoms with E-state index >= 15 is 0 Å². The Morgan fingerprint density at radius 3 is 2.48 bits per heavy atom. The number of nitrogens with two attached hydrogens (primary N) is 1. The van der Waals surface area contributed by atoms with Crippen molar-refractivity contribution in [3.63, 3.8) is 0 Å². The fraction of sp³-hybridized carbons (Fsp3) is 0.278. The zero-order valence-corrected chi connectivity index (χ0v) is 15.0. The molecule has 0 aromatic heterocycles. The highest BCUT2D eigenvalue weighted by Crippen LogP contribution is 2.17. The summed E-state index contributed by atoms with van der Waals surface area (Å²) in [5.74, 6) is -0.301. The van der Waals surface area contributed by atoms with Crippen molar-refractivity contribution in [1.29, 1.82) is 0 Å². The number of anilines is 1. The topological polar surface area (TPSA) is 101 Å². The van der Waals surface area contributed by atoms with Gasteiger partial charge in [-0.3, -0.25) is 9.52 Å². The average molecular weight is 361 g/mol. The zero-order valence-electron chi connectivity index (χ0n) is 14.2. The molecule has 0 bridgehead atoms. The lowest BCUT2D eigenvalue weighted by molar-refractivity contribution is 0.0953. The van der Waals surface area contributed by atoms with Crippen LogP contribution in [-0.4, -0.2) is 27.4 Å². The smallest absolute Gasteiger partial charge is 0.261 e. The van der Waals surface area contributed by atoms with Gasteiger partial charge in [0.05, 0.1) is 4.90 Å². The van der Waals surface area contributed by atoms with Crippen LogP contribution in [0.1, 0.15) is 28.8 Å². The van der Waals surface area contributed by atoms with Crippen molar-refractivity contribution < 1.29 is 13.2 Å². The summed E-state index contributed by atoms with van der Waals surface area (Å²) in [4.78, 5) is 12.2. The van der Waals surface area contributed by atoms with Gasteiger partial charge in [-0.1, -0.05) is 23.8 Å². The Labute approximate surface area is 148 Å². The second kappa shape index (κ2) is 8.64. The quantitative estimate of drug-likeness (QED) is 0.628. The van der Waals surface area contributed by atoms with Crippen LogP contribution in [0, 0.1) is 6.92 Å². The summed E-state index contributed by atoms with van der Waals surface area (Å²) in [6.45, 7) is 3.01. The molecule has 0 fully saturated rings. The molecule has 134 valence electrons. The van der Waals surface area contributed by atoms with Crippen LogP contribution in [0.15, 0.2) is 53.4 Å². The van der Waals surface area contributed by atoms with Crippen LogP contribution in [0.4, 0.5) is 5.69 Å². The van der Waals surface area contributed by atoms with Gasteiger partial charge in [-0.2, -0.15) is 0 Å². The second-order valence-corrected chi connectivity index (χ2v) is 7.43. The van der Waals surface area contributed by atoms with Gasteiger partial charge in [-0.15, -0.1) is 0 Å². The maximum Gasteiger partial charge on any atom is 0.261 e. The minimum atomic E-state index is -3.76. The number of hydrogen-bond acceptors (Lipinski definition) is 4. The molecule has 0 saturated heterocycles. The maximum atomic E-state index is 12.5. The Hall–Kier alpha value is -2.38. The molecule has 0 atom stereocenters. The normalized spacial score (nSPS) is 11.1. The first-order valence-corrected chi connectivity index (χ1v) is 9.58. The summed E-state index contributed by atoms with van der Waals surface area (Å²) < 4.78 is 27.5. The molecule has 4 N–H and O–H groups in total. The molecule has 7 heteroatoms. The van der Waals surface area contributed by atoms with Crippen LogP contribution in [0.25, 0.3) is 0 Å². The lowest BCUT2D eigenvalue weighted by atomic mass is 10.2. The molecule has 0 aliphatic heterocycles. The highest BCUT2D eigenvalue weighted by atomic mass is 32.2. The monoisotopic (exact) mass is 361 g/mol. The molecule has 2 rings (SSSR count). The van der Waals surface area contributed by atoms with Crippen molar-refractivity contribution in [2.75, 3.05) is 17.8 Å². The number of nitrogens with one attached hydrogen (secondary N) is 2. The third-order valence-corrected chi connectivity index (χ3v) is 5.01. The van der Waals surface area contributed by atoms with Crippen molar-refractivity contribution in [3.8, 4) is 0 Å². The fourth-order valence-corrected chi connectivity index (χ4v) is 3.32. The van der Waals surface area contributed by atoms with Crippen molar-refractivity contribution in [2.45, 2.75) is 24.7 Å². The molecule has 0 heterocycles. The van der Waals surface area contributed by atoms with Gasteiger partial charge in [0.15, 0.2) is 0 Å². The Morgan fingerprint density at radius 1 is 1.08 bits per heavy atom. The molecule has 0 unspecified atom stereocenters. The summed E-state index contributed by atoms with van der Waals surface area (Å²) in [5.41, 5.74) is 7.23. The first-order valence-electron chi connectivity index (χ1n) is 8.10. The van der Waals surface area contributed by atoms with Gasteiger partial charge in [0.2, 0.25) is 0 Å². The van der Waals surface area contributed by atoms with Gasteiger partial charge in [0, 0.05) is 17.8 Å². The first-order chi connectivity index (χ1) is 11.9. The largest absolute Gasteiger partial charge is 0.352 e. The molecule has 1 amide bonds. The van der Waals surface area contributed by atoms with Crippen molar-refractivity contribution in [3.05, 3.63) is 59.7 Å². The molecule has 0 aliphatic rings. The standard InChI is InChI=1S/C18H23N3O3S/c1-14-7-9-16(10-8-14)21-25(23,24)17-6-4-5-15(13-17)18(22)20-12-3-2-11-19/h4-10,13,21H,2-3,11-12,19H2,1H3,(H,20,22). The third kappa shape index (κ3) is 5.58. The number of rotatable bonds is 8. The van der Waals surface area contributed by atoms with Crippen molar-refractivity contribution in [2.24, 2.45) is 5.73 Å². The summed E-state index contributed by atoms with van der Waals surface area (Å²) in [5, 5.41) is 2.76. The minimum absolute atomic E-state index is 0.0442. The van der Waals surface area contributed by atoms with E-state index in [1.54, 1.807) is 24.3 Å². The number of benzene rings is 2. The molecule has 6 nitrogen and oxygen atoms in total. The molecule has 2 aromatic carbocycles. The average Bonchev–Trinajstić information content (AvgIpc) is 2.60. The molecule has 25 heavy (non-hydrogen) atoms. The fourth-order valence-electron chi connectivity index (χ4n) is 2.21. The lowest BCUT2D eigenvalue weighted by Crippen LogP contribution is -2.25. The highest BCUT2D eigenvalue weighted by Gasteiger charge is 2.16. The lowest BCUT2D eigenvalue weighted by Gasteiger charge is -2.10. The van der Waals surface area contributed by atoms with Gasteiger partial charge < -0.3 is 11.1 Å².